The number of hydrogen-bond donors (Lipinski definition) is 0. The first kappa shape index (κ1) is 8.89. The van der Waals surface area contributed by atoms with Gasteiger partial charge in [-0.3, -0.25) is 0 Å². The SMILES string of the molecule is C=C/C=C\C=C(/C)CC=O. The summed E-state index contributed by atoms with van der Waals surface area (Å²) in [6.45, 7) is 5.44. The molecule has 0 rings (SSSR count). The van der Waals surface area contributed by atoms with Crippen molar-refractivity contribution in [3.05, 3.63) is 36.5 Å². The highest BCUT2D eigenvalue weighted by Crippen LogP contribution is 1.95. The average Bonchev–Trinajstić information content (AvgIpc) is 1.89. The topological polar surface area (TPSA) is 17.1 Å². The van der Waals surface area contributed by atoms with Crippen LogP contribution in [0.25, 0.3) is 0 Å². The number of aldehydes is 1. The number of allylic oxidation sites excluding steroid dienone is 5. The van der Waals surface area contributed by atoms with Crippen molar-refractivity contribution in [3.8, 4) is 0 Å². The predicted octanol–water partition coefficient (Wildman–Crippen LogP) is 2.26. The zero-order valence-corrected chi connectivity index (χ0v) is 6.21. The Bertz CT molecular complexity index is 164. The Balaban J connectivity index is 3.77. The van der Waals surface area contributed by atoms with Gasteiger partial charge < -0.3 is 4.79 Å². The lowest BCUT2D eigenvalue weighted by molar-refractivity contribution is -0.107. The Morgan fingerprint density at radius 3 is 2.70 bits per heavy atom. The van der Waals surface area contributed by atoms with Crippen LogP contribution in [0, 0.1) is 0 Å². The lowest BCUT2D eigenvalue weighted by Gasteiger charge is -1.86. The van der Waals surface area contributed by atoms with Crippen LogP contribution in [-0.4, -0.2) is 6.29 Å². The Hall–Kier alpha value is -1.11. The third-order valence-corrected chi connectivity index (χ3v) is 1.03. The van der Waals surface area contributed by atoms with E-state index in [4.69, 9.17) is 0 Å². The average molecular weight is 136 g/mol. The molecule has 1 heteroatoms. The Kier molecular flexibility index (Phi) is 5.35. The van der Waals surface area contributed by atoms with E-state index in [2.05, 4.69) is 6.58 Å². The summed E-state index contributed by atoms with van der Waals surface area (Å²) in [5, 5.41) is 0. The normalized spacial score (nSPS) is 11.9. The molecule has 0 atom stereocenters. The van der Waals surface area contributed by atoms with Crippen LogP contribution < -0.4 is 0 Å². The van der Waals surface area contributed by atoms with Crippen molar-refractivity contribution in [2.45, 2.75) is 13.3 Å². The molecule has 0 saturated heterocycles. The molecule has 0 aliphatic rings. The maximum absolute atomic E-state index is 9.96. The fraction of sp³-hybridized carbons (Fsp3) is 0.222. The molecule has 0 spiro atoms. The molecule has 0 radical (unpaired) electrons. The van der Waals surface area contributed by atoms with Gasteiger partial charge in [-0.05, 0) is 6.92 Å². The smallest absolute Gasteiger partial charge is 0.124 e. The van der Waals surface area contributed by atoms with Gasteiger partial charge in [0.1, 0.15) is 6.29 Å². The molecule has 54 valence electrons. The Labute approximate surface area is 61.8 Å². The number of rotatable bonds is 4. The van der Waals surface area contributed by atoms with Crippen molar-refractivity contribution in [3.63, 3.8) is 0 Å². The van der Waals surface area contributed by atoms with E-state index >= 15 is 0 Å². The quantitative estimate of drug-likeness (QED) is 0.428. The fourth-order valence-electron chi connectivity index (χ4n) is 0.498. The fourth-order valence-corrected chi connectivity index (χ4v) is 0.498. The summed E-state index contributed by atoms with van der Waals surface area (Å²) in [7, 11) is 0. The summed E-state index contributed by atoms with van der Waals surface area (Å²) in [6, 6.07) is 0. The van der Waals surface area contributed by atoms with Crippen LogP contribution in [-0.2, 0) is 4.79 Å². The number of carbonyl (C=O) groups is 1. The minimum atomic E-state index is 0.515. The third-order valence-electron chi connectivity index (χ3n) is 1.03. The highest BCUT2D eigenvalue weighted by atomic mass is 16.1. The van der Waals surface area contributed by atoms with Gasteiger partial charge in [0.25, 0.3) is 0 Å². The first-order chi connectivity index (χ1) is 4.81. The van der Waals surface area contributed by atoms with Gasteiger partial charge in [-0.15, -0.1) is 0 Å². The highest BCUT2D eigenvalue weighted by Gasteiger charge is 1.81. The lowest BCUT2D eigenvalue weighted by atomic mass is 10.2. The molecule has 0 aromatic heterocycles. The molecule has 0 heterocycles. The Morgan fingerprint density at radius 1 is 1.50 bits per heavy atom. The first-order valence-electron chi connectivity index (χ1n) is 3.19. The molecule has 0 N–H and O–H groups in total. The molecule has 0 aromatic rings. The van der Waals surface area contributed by atoms with Gasteiger partial charge in [-0.2, -0.15) is 0 Å². The summed E-state index contributed by atoms with van der Waals surface area (Å²) in [4.78, 5) is 9.96. The van der Waals surface area contributed by atoms with Crippen LogP contribution in [0.1, 0.15) is 13.3 Å². The van der Waals surface area contributed by atoms with Crippen molar-refractivity contribution in [1.82, 2.24) is 0 Å². The van der Waals surface area contributed by atoms with Gasteiger partial charge in [0.2, 0.25) is 0 Å². The van der Waals surface area contributed by atoms with Crippen LogP contribution in [0.5, 0.6) is 0 Å². The van der Waals surface area contributed by atoms with Gasteiger partial charge in [-0.25, -0.2) is 0 Å². The molecule has 0 aliphatic heterocycles. The van der Waals surface area contributed by atoms with Crippen LogP contribution in [0.4, 0.5) is 0 Å². The van der Waals surface area contributed by atoms with Gasteiger partial charge in [0.15, 0.2) is 0 Å². The zero-order chi connectivity index (χ0) is 7.82. The van der Waals surface area contributed by atoms with Crippen LogP contribution >= 0.6 is 0 Å². The molecule has 0 amide bonds. The molecule has 0 unspecified atom stereocenters. The number of carbonyl (C=O) groups excluding carboxylic acids is 1. The van der Waals surface area contributed by atoms with E-state index in [1.54, 1.807) is 6.08 Å². The number of hydrogen-bond acceptors (Lipinski definition) is 1. The van der Waals surface area contributed by atoms with Crippen molar-refractivity contribution in [1.29, 1.82) is 0 Å². The van der Waals surface area contributed by atoms with Crippen LogP contribution in [0.2, 0.25) is 0 Å². The second-order valence-electron chi connectivity index (χ2n) is 2.00. The van der Waals surface area contributed by atoms with Crippen LogP contribution in [0.15, 0.2) is 36.5 Å². The van der Waals surface area contributed by atoms with E-state index in [-0.39, 0.29) is 0 Å². The highest BCUT2D eigenvalue weighted by molar-refractivity contribution is 5.54. The molecule has 10 heavy (non-hydrogen) atoms. The maximum Gasteiger partial charge on any atom is 0.124 e. The Morgan fingerprint density at radius 2 is 2.20 bits per heavy atom. The van der Waals surface area contributed by atoms with Gasteiger partial charge in [0.05, 0.1) is 0 Å². The summed E-state index contributed by atoms with van der Waals surface area (Å²) in [5.74, 6) is 0. The summed E-state index contributed by atoms with van der Waals surface area (Å²) in [6.07, 6.45) is 8.70. The van der Waals surface area contributed by atoms with E-state index in [1.807, 2.05) is 25.2 Å². The van der Waals surface area contributed by atoms with Gasteiger partial charge in [-0.1, -0.05) is 36.5 Å². The third kappa shape index (κ3) is 5.04. The summed E-state index contributed by atoms with van der Waals surface area (Å²) >= 11 is 0. The van der Waals surface area contributed by atoms with E-state index in [9.17, 15) is 4.79 Å². The minimum absolute atomic E-state index is 0.515. The molecule has 1 nitrogen and oxygen atoms in total. The minimum Gasteiger partial charge on any atom is -0.303 e. The van der Waals surface area contributed by atoms with E-state index in [1.165, 1.54) is 0 Å². The second-order valence-corrected chi connectivity index (χ2v) is 2.00. The molecule has 0 saturated carbocycles. The zero-order valence-electron chi connectivity index (χ0n) is 6.21. The van der Waals surface area contributed by atoms with Gasteiger partial charge >= 0.3 is 0 Å². The predicted molar refractivity (Wildman–Crippen MR) is 43.8 cm³/mol. The monoisotopic (exact) mass is 136 g/mol. The van der Waals surface area contributed by atoms with Crippen molar-refractivity contribution < 1.29 is 4.79 Å². The van der Waals surface area contributed by atoms with Crippen molar-refractivity contribution >= 4 is 6.29 Å². The molecule has 0 aromatic carbocycles. The van der Waals surface area contributed by atoms with E-state index < -0.39 is 0 Å². The molecule has 0 bridgehead atoms. The summed E-state index contributed by atoms with van der Waals surface area (Å²) in [5.41, 5.74) is 1.06. The first-order valence-corrected chi connectivity index (χ1v) is 3.19. The second kappa shape index (κ2) is 6.02. The van der Waals surface area contributed by atoms with Gasteiger partial charge in [0, 0.05) is 6.42 Å². The molecular weight excluding hydrogens is 124 g/mol. The largest absolute Gasteiger partial charge is 0.303 e. The molecular formula is C9H12O. The molecule has 0 fully saturated rings. The molecule has 0 aliphatic carbocycles. The van der Waals surface area contributed by atoms with Crippen molar-refractivity contribution in [2.24, 2.45) is 0 Å². The van der Waals surface area contributed by atoms with Crippen molar-refractivity contribution in [2.75, 3.05) is 0 Å². The van der Waals surface area contributed by atoms with Crippen LogP contribution in [0.3, 0.4) is 0 Å². The lowest BCUT2D eigenvalue weighted by Crippen LogP contribution is -1.75. The van der Waals surface area contributed by atoms with E-state index in [0.29, 0.717) is 6.42 Å². The van der Waals surface area contributed by atoms with E-state index in [0.717, 1.165) is 11.9 Å². The maximum atomic E-state index is 9.96. The summed E-state index contributed by atoms with van der Waals surface area (Å²) < 4.78 is 0. The standard InChI is InChI=1S/C9H12O/c1-3-4-5-6-9(2)7-8-10/h3-6,8H,1,7H2,2H3/b5-4-,9-6+.